The molecule has 0 unspecified atom stereocenters. The van der Waals surface area contributed by atoms with Gasteiger partial charge in [0.1, 0.15) is 11.6 Å². The van der Waals surface area contributed by atoms with Crippen LogP contribution in [0.15, 0.2) is 29.4 Å². The number of nitrogens with zero attached hydrogens (tertiary/aromatic N) is 2. The third-order valence-corrected chi connectivity index (χ3v) is 3.44. The number of aromatic amines is 1. The van der Waals surface area contributed by atoms with Crippen molar-refractivity contribution in [2.75, 3.05) is 12.9 Å². The van der Waals surface area contributed by atoms with Crippen LogP contribution in [-0.4, -0.2) is 33.8 Å². The van der Waals surface area contributed by atoms with Gasteiger partial charge in [0.05, 0.1) is 12.9 Å². The number of hydrogen-bond donors (Lipinski definition) is 1. The van der Waals surface area contributed by atoms with Crippen LogP contribution in [0.4, 0.5) is 0 Å². The first kappa shape index (κ1) is 13.6. The predicted octanol–water partition coefficient (Wildman–Crippen LogP) is 2.35. The summed E-state index contributed by atoms with van der Waals surface area (Å²) in [6, 6.07) is 7.08. The zero-order valence-electron chi connectivity index (χ0n) is 10.8. The quantitative estimate of drug-likeness (QED) is 0.648. The zero-order chi connectivity index (χ0) is 13.7. The lowest BCUT2D eigenvalue weighted by Gasteiger charge is -2.01. The van der Waals surface area contributed by atoms with Gasteiger partial charge in [-0.15, -0.1) is 5.10 Å². The second-order valence-corrected chi connectivity index (χ2v) is 4.80. The number of carbonyl (C=O) groups excluding carboxylic acids is 1. The molecule has 1 heterocycles. The normalized spacial score (nSPS) is 10.4. The molecule has 0 aliphatic heterocycles. The van der Waals surface area contributed by atoms with Gasteiger partial charge in [-0.05, 0) is 24.3 Å². The summed E-state index contributed by atoms with van der Waals surface area (Å²) in [7, 11) is 1.60. The largest absolute Gasteiger partial charge is 0.497 e. The molecule has 1 aromatic carbocycles. The van der Waals surface area contributed by atoms with Crippen LogP contribution in [0.2, 0.25) is 0 Å². The van der Waals surface area contributed by atoms with E-state index in [2.05, 4.69) is 15.2 Å². The maximum Gasteiger partial charge on any atom is 0.208 e. The summed E-state index contributed by atoms with van der Waals surface area (Å²) >= 11 is 1.34. The van der Waals surface area contributed by atoms with E-state index in [-0.39, 0.29) is 5.78 Å². The van der Waals surface area contributed by atoms with Gasteiger partial charge in [0, 0.05) is 12.0 Å². The Morgan fingerprint density at radius 1 is 1.37 bits per heavy atom. The number of Topliss-reactive ketones (excluding diaryl/α,β-unsaturated/α-hetero) is 1. The van der Waals surface area contributed by atoms with Crippen LogP contribution in [0.25, 0.3) is 0 Å². The van der Waals surface area contributed by atoms with Crippen molar-refractivity contribution in [2.45, 2.75) is 18.5 Å². The van der Waals surface area contributed by atoms with Crippen LogP contribution in [0, 0.1) is 0 Å². The number of aromatic nitrogens is 3. The van der Waals surface area contributed by atoms with Gasteiger partial charge in [-0.3, -0.25) is 9.89 Å². The number of aryl methyl sites for hydroxylation is 1. The highest BCUT2D eigenvalue weighted by Gasteiger charge is 2.09. The lowest BCUT2D eigenvalue weighted by atomic mass is 10.1. The van der Waals surface area contributed by atoms with E-state index in [1.165, 1.54) is 11.8 Å². The minimum Gasteiger partial charge on any atom is -0.497 e. The summed E-state index contributed by atoms with van der Waals surface area (Å²) in [6.07, 6.45) is 0.806. The first-order valence-corrected chi connectivity index (χ1v) is 6.92. The second-order valence-electron chi connectivity index (χ2n) is 3.86. The molecule has 100 valence electrons. The molecular formula is C13H15N3O2S. The molecule has 0 radical (unpaired) electrons. The molecule has 2 rings (SSSR count). The van der Waals surface area contributed by atoms with Gasteiger partial charge in [0.15, 0.2) is 5.78 Å². The van der Waals surface area contributed by atoms with E-state index in [9.17, 15) is 4.79 Å². The van der Waals surface area contributed by atoms with E-state index >= 15 is 0 Å². The summed E-state index contributed by atoms with van der Waals surface area (Å²) in [5, 5.41) is 7.47. The van der Waals surface area contributed by atoms with Crippen molar-refractivity contribution in [3.05, 3.63) is 35.7 Å². The minimum absolute atomic E-state index is 0.0514. The average Bonchev–Trinajstić information content (AvgIpc) is 2.93. The number of ether oxygens (including phenoxy) is 1. The Bertz CT molecular complexity index is 551. The van der Waals surface area contributed by atoms with Crippen LogP contribution in [0.1, 0.15) is 23.1 Å². The molecule has 0 saturated heterocycles. The number of carbonyl (C=O) groups is 1. The molecule has 6 heteroatoms. The SMILES string of the molecule is CCc1nc(SCC(=O)c2ccc(OC)cc2)n[nH]1. The lowest BCUT2D eigenvalue weighted by molar-refractivity contribution is 0.102. The van der Waals surface area contributed by atoms with Crippen LogP contribution in [0.5, 0.6) is 5.75 Å². The Labute approximate surface area is 115 Å². The van der Waals surface area contributed by atoms with Crippen LogP contribution in [0.3, 0.4) is 0 Å². The zero-order valence-corrected chi connectivity index (χ0v) is 11.7. The molecule has 0 fully saturated rings. The molecule has 1 aromatic heterocycles. The summed E-state index contributed by atoms with van der Waals surface area (Å²) in [5.74, 6) is 1.95. The van der Waals surface area contributed by atoms with Crippen molar-refractivity contribution in [3.63, 3.8) is 0 Å². The average molecular weight is 277 g/mol. The minimum atomic E-state index is 0.0514. The predicted molar refractivity (Wildman–Crippen MR) is 73.8 cm³/mol. The Morgan fingerprint density at radius 2 is 2.11 bits per heavy atom. The number of methoxy groups -OCH3 is 1. The van der Waals surface area contributed by atoms with Gasteiger partial charge in [0.25, 0.3) is 0 Å². The van der Waals surface area contributed by atoms with Crippen molar-refractivity contribution < 1.29 is 9.53 Å². The number of ketones is 1. The summed E-state index contributed by atoms with van der Waals surface area (Å²) < 4.78 is 5.05. The van der Waals surface area contributed by atoms with Crippen molar-refractivity contribution >= 4 is 17.5 Å². The second kappa shape index (κ2) is 6.38. The summed E-state index contributed by atoms with van der Waals surface area (Å²) in [4.78, 5) is 16.2. The fourth-order valence-corrected chi connectivity index (χ4v) is 2.20. The molecule has 0 aliphatic rings. The van der Waals surface area contributed by atoms with Crippen LogP contribution < -0.4 is 4.74 Å². The third-order valence-electron chi connectivity index (χ3n) is 2.59. The number of thioether (sulfide) groups is 1. The lowest BCUT2D eigenvalue weighted by Crippen LogP contribution is -2.02. The smallest absolute Gasteiger partial charge is 0.208 e. The molecule has 0 saturated carbocycles. The maximum atomic E-state index is 12.0. The standard InChI is InChI=1S/C13H15N3O2S/c1-3-12-14-13(16-15-12)19-8-11(17)9-4-6-10(18-2)7-5-9/h4-7H,3,8H2,1-2H3,(H,14,15,16). The molecule has 0 amide bonds. The van der Waals surface area contributed by atoms with Gasteiger partial charge >= 0.3 is 0 Å². The monoisotopic (exact) mass is 277 g/mol. The fourth-order valence-electron chi connectivity index (χ4n) is 1.49. The Balaban J connectivity index is 1.93. The molecule has 1 N–H and O–H groups in total. The van der Waals surface area contributed by atoms with Crippen LogP contribution in [-0.2, 0) is 6.42 Å². The van der Waals surface area contributed by atoms with Crippen LogP contribution >= 0.6 is 11.8 Å². The maximum absolute atomic E-state index is 12.0. The molecule has 19 heavy (non-hydrogen) atoms. The van der Waals surface area contributed by atoms with E-state index in [1.54, 1.807) is 31.4 Å². The van der Waals surface area contributed by atoms with Crippen molar-refractivity contribution in [1.82, 2.24) is 15.2 Å². The first-order chi connectivity index (χ1) is 9.22. The van der Waals surface area contributed by atoms with Gasteiger partial charge < -0.3 is 4.74 Å². The number of H-pyrrole nitrogens is 1. The van der Waals surface area contributed by atoms with E-state index in [0.29, 0.717) is 16.5 Å². The molecule has 2 aromatic rings. The molecule has 0 atom stereocenters. The Morgan fingerprint density at radius 3 is 2.68 bits per heavy atom. The van der Waals surface area contributed by atoms with Gasteiger partial charge in [0.2, 0.25) is 5.16 Å². The topological polar surface area (TPSA) is 67.9 Å². The van der Waals surface area contributed by atoms with E-state index < -0.39 is 0 Å². The Hall–Kier alpha value is -1.82. The van der Waals surface area contributed by atoms with Gasteiger partial charge in [-0.1, -0.05) is 18.7 Å². The first-order valence-electron chi connectivity index (χ1n) is 5.94. The molecule has 0 aliphatic carbocycles. The van der Waals surface area contributed by atoms with Crippen molar-refractivity contribution in [3.8, 4) is 5.75 Å². The summed E-state index contributed by atoms with van der Waals surface area (Å²) in [6.45, 7) is 2.00. The number of rotatable bonds is 6. The molecule has 0 spiro atoms. The molecule has 5 nitrogen and oxygen atoms in total. The number of nitrogens with one attached hydrogen (secondary N) is 1. The highest BCUT2D eigenvalue weighted by atomic mass is 32.2. The van der Waals surface area contributed by atoms with Crippen molar-refractivity contribution in [1.29, 1.82) is 0 Å². The van der Waals surface area contributed by atoms with Gasteiger partial charge in [-0.25, -0.2) is 4.98 Å². The van der Waals surface area contributed by atoms with E-state index in [0.717, 1.165) is 18.0 Å². The Kier molecular flexibility index (Phi) is 4.57. The number of benzene rings is 1. The fraction of sp³-hybridized carbons (Fsp3) is 0.308. The third kappa shape index (κ3) is 3.57. The summed E-state index contributed by atoms with van der Waals surface area (Å²) in [5.41, 5.74) is 0.666. The highest BCUT2D eigenvalue weighted by molar-refractivity contribution is 7.99. The van der Waals surface area contributed by atoms with E-state index in [1.807, 2.05) is 6.92 Å². The molecule has 0 bridgehead atoms. The number of hydrogen-bond acceptors (Lipinski definition) is 5. The molecular weight excluding hydrogens is 262 g/mol. The van der Waals surface area contributed by atoms with E-state index in [4.69, 9.17) is 4.74 Å². The van der Waals surface area contributed by atoms with Gasteiger partial charge in [-0.2, -0.15) is 0 Å². The highest BCUT2D eigenvalue weighted by Crippen LogP contribution is 2.17. The van der Waals surface area contributed by atoms with Crippen molar-refractivity contribution in [2.24, 2.45) is 0 Å².